The molecule has 2 heterocycles. The number of hydrogen-bond acceptors (Lipinski definition) is 5. The Morgan fingerprint density at radius 3 is 2.58 bits per heavy atom. The van der Waals surface area contributed by atoms with Crippen LogP contribution in [-0.4, -0.2) is 39.2 Å². The number of benzene rings is 1. The number of hydrogen-bond donors (Lipinski definition) is 1. The third-order valence-corrected chi connectivity index (χ3v) is 5.10. The molecule has 1 aromatic rings. The second kappa shape index (κ2) is 6.50. The summed E-state index contributed by atoms with van der Waals surface area (Å²) < 4.78 is 5.92. The van der Waals surface area contributed by atoms with Gasteiger partial charge < -0.3 is 9.84 Å². The van der Waals surface area contributed by atoms with Gasteiger partial charge in [0.05, 0.1) is 11.0 Å². The van der Waals surface area contributed by atoms with Gasteiger partial charge in [-0.3, -0.25) is 15.0 Å². The van der Waals surface area contributed by atoms with E-state index in [1.54, 1.807) is 12.1 Å². The van der Waals surface area contributed by atoms with Gasteiger partial charge in [0.25, 0.3) is 5.69 Å². The van der Waals surface area contributed by atoms with Gasteiger partial charge in [0.1, 0.15) is 17.5 Å². The van der Waals surface area contributed by atoms with Gasteiger partial charge >= 0.3 is 0 Å². The van der Waals surface area contributed by atoms with E-state index >= 15 is 0 Å². The summed E-state index contributed by atoms with van der Waals surface area (Å²) in [5, 5.41) is 22.0. The first-order valence-corrected chi connectivity index (χ1v) is 8.12. The fourth-order valence-corrected chi connectivity index (χ4v) is 3.95. The van der Waals surface area contributed by atoms with Gasteiger partial charge in [-0.05, 0) is 39.2 Å². The highest BCUT2D eigenvalue weighted by molar-refractivity contribution is 5.85. The normalized spacial score (nSPS) is 31.7. The molecule has 1 aromatic carbocycles. The molecule has 3 rings (SSSR count). The molecule has 2 aliphatic rings. The zero-order valence-electron chi connectivity index (χ0n) is 14.4. The first kappa shape index (κ1) is 19.0. The number of aliphatic hydroxyl groups is 1. The average Bonchev–Trinajstić information content (AvgIpc) is 2.78. The predicted octanol–water partition coefficient (Wildman–Crippen LogP) is 3.32. The minimum absolute atomic E-state index is 0. The Kier molecular flexibility index (Phi) is 5.14. The van der Waals surface area contributed by atoms with Gasteiger partial charge in [-0.25, -0.2) is 0 Å². The van der Waals surface area contributed by atoms with Crippen LogP contribution in [0.3, 0.4) is 0 Å². The van der Waals surface area contributed by atoms with E-state index in [1.165, 1.54) is 6.07 Å². The Bertz CT molecular complexity index is 637. The number of aliphatic hydroxyl groups excluding tert-OH is 1. The smallest absolute Gasteiger partial charge is 0.270 e. The molecular weight excluding hydrogens is 332 g/mol. The molecule has 0 aliphatic carbocycles. The second-order valence-electron chi connectivity index (χ2n) is 7.46. The first-order valence-electron chi connectivity index (χ1n) is 8.12. The minimum Gasteiger partial charge on any atom is -0.485 e. The maximum absolute atomic E-state index is 11.1. The van der Waals surface area contributed by atoms with E-state index in [0.717, 1.165) is 13.0 Å². The van der Waals surface area contributed by atoms with Crippen molar-refractivity contribution in [2.24, 2.45) is 5.92 Å². The van der Waals surface area contributed by atoms with Crippen molar-refractivity contribution in [2.75, 3.05) is 6.54 Å². The van der Waals surface area contributed by atoms with E-state index in [2.05, 4.69) is 18.7 Å². The number of likely N-dealkylation sites (tertiary alicyclic amines) is 1. The molecule has 0 bridgehead atoms. The largest absolute Gasteiger partial charge is 0.485 e. The third kappa shape index (κ3) is 3.10. The van der Waals surface area contributed by atoms with Crippen LogP contribution in [-0.2, 0) is 0 Å². The molecule has 1 saturated heterocycles. The Balaban J connectivity index is 0.00000208. The lowest BCUT2D eigenvalue weighted by molar-refractivity contribution is -0.385. The van der Waals surface area contributed by atoms with Crippen molar-refractivity contribution in [3.63, 3.8) is 0 Å². The van der Waals surface area contributed by atoms with Gasteiger partial charge in [-0.2, -0.15) is 0 Å². The SMILES string of the molecule is CC1CC(C)N([C@H]2c3cc([N+](=O)[O-])ccc3OC(C)(C)[C@@H]2O)C1.Cl. The van der Waals surface area contributed by atoms with Crippen molar-refractivity contribution in [3.8, 4) is 5.75 Å². The molecule has 1 fully saturated rings. The molecule has 2 unspecified atom stereocenters. The number of halogens is 1. The van der Waals surface area contributed by atoms with Crippen LogP contribution in [0, 0.1) is 16.0 Å². The van der Waals surface area contributed by atoms with Crippen molar-refractivity contribution in [3.05, 3.63) is 33.9 Å². The third-order valence-electron chi connectivity index (χ3n) is 5.10. The van der Waals surface area contributed by atoms with Crippen LogP contribution in [0.1, 0.15) is 45.7 Å². The molecule has 0 saturated carbocycles. The van der Waals surface area contributed by atoms with Gasteiger partial charge in [0.2, 0.25) is 0 Å². The summed E-state index contributed by atoms with van der Waals surface area (Å²) in [4.78, 5) is 13.0. The zero-order valence-corrected chi connectivity index (χ0v) is 15.2. The first-order chi connectivity index (χ1) is 10.7. The molecule has 134 valence electrons. The Hall–Kier alpha value is -1.37. The van der Waals surface area contributed by atoms with Gasteiger partial charge in [-0.1, -0.05) is 6.92 Å². The fraction of sp³-hybridized carbons (Fsp3) is 0.647. The number of fused-ring (bicyclic) bond motifs is 1. The fourth-order valence-electron chi connectivity index (χ4n) is 3.95. The molecule has 4 atom stereocenters. The lowest BCUT2D eigenvalue weighted by atomic mass is 9.85. The molecule has 0 spiro atoms. The number of nitro groups is 1. The summed E-state index contributed by atoms with van der Waals surface area (Å²) >= 11 is 0. The number of rotatable bonds is 2. The maximum atomic E-state index is 11.1. The molecule has 6 nitrogen and oxygen atoms in total. The molecule has 2 aliphatic heterocycles. The van der Waals surface area contributed by atoms with Crippen LogP contribution in [0.15, 0.2) is 18.2 Å². The summed E-state index contributed by atoms with van der Waals surface area (Å²) in [6, 6.07) is 4.70. The Labute approximate surface area is 148 Å². The van der Waals surface area contributed by atoms with Crippen molar-refractivity contribution in [1.82, 2.24) is 4.90 Å². The molecule has 1 N–H and O–H groups in total. The quantitative estimate of drug-likeness (QED) is 0.649. The van der Waals surface area contributed by atoms with Crippen molar-refractivity contribution in [2.45, 2.75) is 57.9 Å². The summed E-state index contributed by atoms with van der Waals surface area (Å²) in [6.45, 7) is 8.94. The highest BCUT2D eigenvalue weighted by Gasteiger charge is 2.48. The molecule has 0 aromatic heterocycles. The highest BCUT2D eigenvalue weighted by Crippen LogP contribution is 2.46. The lowest BCUT2D eigenvalue weighted by Crippen LogP contribution is -2.54. The van der Waals surface area contributed by atoms with Gasteiger partial charge in [-0.15, -0.1) is 12.4 Å². The molecule has 7 heteroatoms. The number of non-ortho nitro benzene ring substituents is 1. The highest BCUT2D eigenvalue weighted by atomic mass is 35.5. The summed E-state index contributed by atoms with van der Waals surface area (Å²) in [5.74, 6) is 1.17. The van der Waals surface area contributed by atoms with Crippen molar-refractivity contribution in [1.29, 1.82) is 0 Å². The van der Waals surface area contributed by atoms with E-state index in [9.17, 15) is 15.2 Å². The summed E-state index contributed by atoms with van der Waals surface area (Å²) in [6.07, 6.45) is 0.319. The van der Waals surface area contributed by atoms with E-state index < -0.39 is 16.6 Å². The molecule has 0 amide bonds. The van der Waals surface area contributed by atoms with Crippen LogP contribution in [0.5, 0.6) is 5.75 Å². The number of nitrogens with zero attached hydrogens (tertiary/aromatic N) is 2. The lowest BCUT2D eigenvalue weighted by Gasteiger charge is -2.46. The zero-order chi connectivity index (χ0) is 16.9. The average molecular weight is 357 g/mol. The van der Waals surface area contributed by atoms with E-state index in [-0.39, 0.29) is 24.1 Å². The van der Waals surface area contributed by atoms with Crippen molar-refractivity contribution < 1.29 is 14.8 Å². The van der Waals surface area contributed by atoms with Crippen LogP contribution in [0.2, 0.25) is 0 Å². The number of nitro benzene ring substituents is 1. The summed E-state index contributed by atoms with van der Waals surface area (Å²) in [7, 11) is 0. The second-order valence-corrected chi connectivity index (χ2v) is 7.46. The number of ether oxygens (including phenoxy) is 1. The summed E-state index contributed by atoms with van der Waals surface area (Å²) in [5.41, 5.74) is 0.00966. The van der Waals surface area contributed by atoms with E-state index in [1.807, 2.05) is 13.8 Å². The van der Waals surface area contributed by atoms with E-state index in [4.69, 9.17) is 4.74 Å². The van der Waals surface area contributed by atoms with Crippen LogP contribution >= 0.6 is 12.4 Å². The Morgan fingerprint density at radius 2 is 2.04 bits per heavy atom. The standard InChI is InChI=1S/C17H24N2O4.ClH/c1-10-7-11(2)18(9-10)15-13-8-12(19(21)22)5-6-14(13)23-17(3,4)16(15)20;/h5-6,8,10-11,15-16,20H,7,9H2,1-4H3;1H/t10?,11?,15-,16+;/m0./s1. The van der Waals surface area contributed by atoms with Crippen molar-refractivity contribution >= 4 is 18.1 Å². The topological polar surface area (TPSA) is 75.8 Å². The molecule has 0 radical (unpaired) electrons. The van der Waals surface area contributed by atoms with Crippen LogP contribution in [0.25, 0.3) is 0 Å². The molecule has 24 heavy (non-hydrogen) atoms. The monoisotopic (exact) mass is 356 g/mol. The maximum Gasteiger partial charge on any atom is 0.270 e. The Morgan fingerprint density at radius 1 is 1.38 bits per heavy atom. The van der Waals surface area contributed by atoms with E-state index in [0.29, 0.717) is 23.3 Å². The minimum atomic E-state index is -0.746. The van der Waals surface area contributed by atoms with Crippen LogP contribution < -0.4 is 4.74 Å². The van der Waals surface area contributed by atoms with Gasteiger partial charge in [0, 0.05) is 30.3 Å². The van der Waals surface area contributed by atoms with Gasteiger partial charge in [0.15, 0.2) is 0 Å². The van der Waals surface area contributed by atoms with Crippen LogP contribution in [0.4, 0.5) is 5.69 Å². The predicted molar refractivity (Wildman–Crippen MR) is 93.7 cm³/mol. The molecular formula is C17H25ClN2O4.